The van der Waals surface area contributed by atoms with Gasteiger partial charge in [-0.25, -0.2) is 0 Å². The standard InChI is InChI=1S/C16H16BrF3N2O/c17-13-11-6-1-2-7-12(11)22-14(13)15(23)21-10-5-3-4-9(8-10)16(18,19)20/h1-2,6-7,9-10,22H,3-5,8H2,(H,21,23). The van der Waals surface area contributed by atoms with Crippen molar-refractivity contribution in [3.63, 3.8) is 0 Å². The lowest BCUT2D eigenvalue weighted by Gasteiger charge is -2.30. The van der Waals surface area contributed by atoms with Crippen LogP contribution in [0.1, 0.15) is 36.2 Å². The molecule has 1 saturated carbocycles. The highest BCUT2D eigenvalue weighted by Crippen LogP contribution is 2.37. The summed E-state index contributed by atoms with van der Waals surface area (Å²) in [5, 5.41) is 3.61. The number of fused-ring (bicyclic) bond motifs is 1. The molecule has 2 N–H and O–H groups in total. The maximum atomic E-state index is 12.9. The number of carbonyl (C=O) groups is 1. The first-order valence-corrected chi connectivity index (χ1v) is 8.29. The quantitative estimate of drug-likeness (QED) is 0.763. The number of hydrogen-bond donors (Lipinski definition) is 2. The van der Waals surface area contributed by atoms with E-state index in [0.29, 0.717) is 23.0 Å². The number of H-pyrrole nitrogens is 1. The van der Waals surface area contributed by atoms with Crippen molar-refractivity contribution in [1.29, 1.82) is 0 Å². The van der Waals surface area contributed by atoms with E-state index < -0.39 is 18.1 Å². The summed E-state index contributed by atoms with van der Waals surface area (Å²) in [6.45, 7) is 0. The summed E-state index contributed by atoms with van der Waals surface area (Å²) >= 11 is 3.39. The molecule has 3 rings (SSSR count). The Morgan fingerprint density at radius 1 is 1.26 bits per heavy atom. The number of alkyl halides is 3. The summed E-state index contributed by atoms with van der Waals surface area (Å²) in [5.74, 6) is -1.70. The molecule has 3 nitrogen and oxygen atoms in total. The summed E-state index contributed by atoms with van der Waals surface area (Å²) in [6, 6.07) is 6.98. The van der Waals surface area contributed by atoms with E-state index in [1.807, 2.05) is 24.3 Å². The molecule has 1 aromatic carbocycles. The zero-order chi connectivity index (χ0) is 16.6. The molecule has 1 aliphatic rings. The van der Waals surface area contributed by atoms with Gasteiger partial charge in [0.2, 0.25) is 0 Å². The van der Waals surface area contributed by atoms with E-state index >= 15 is 0 Å². The van der Waals surface area contributed by atoms with Crippen LogP contribution < -0.4 is 5.32 Å². The average molecular weight is 389 g/mol. The third-order valence-corrected chi connectivity index (χ3v) is 5.17. The number of rotatable bonds is 2. The number of halogens is 4. The summed E-state index contributed by atoms with van der Waals surface area (Å²) in [6.07, 6.45) is -3.04. The first-order chi connectivity index (χ1) is 10.9. The number of benzene rings is 1. The Balaban J connectivity index is 1.74. The van der Waals surface area contributed by atoms with Crippen molar-refractivity contribution >= 4 is 32.7 Å². The fourth-order valence-corrected chi connectivity index (χ4v) is 3.76. The van der Waals surface area contributed by atoms with Crippen LogP contribution in [0.2, 0.25) is 0 Å². The summed E-state index contributed by atoms with van der Waals surface area (Å²) < 4.78 is 39.2. The fourth-order valence-electron chi connectivity index (χ4n) is 3.14. The van der Waals surface area contributed by atoms with Crippen molar-refractivity contribution in [2.45, 2.75) is 37.9 Å². The van der Waals surface area contributed by atoms with Gasteiger partial charge in [0.15, 0.2) is 0 Å². The number of nitrogens with one attached hydrogen (secondary N) is 2. The molecule has 0 spiro atoms. The predicted molar refractivity (Wildman–Crippen MR) is 85.3 cm³/mol. The van der Waals surface area contributed by atoms with Crippen molar-refractivity contribution in [2.75, 3.05) is 0 Å². The fraction of sp³-hybridized carbons (Fsp3) is 0.438. The molecule has 1 aromatic heterocycles. The summed E-state index contributed by atoms with van der Waals surface area (Å²) in [7, 11) is 0. The normalized spacial score (nSPS) is 22.3. The van der Waals surface area contributed by atoms with Crippen molar-refractivity contribution < 1.29 is 18.0 Å². The van der Waals surface area contributed by atoms with Crippen LogP contribution in [0.15, 0.2) is 28.7 Å². The maximum Gasteiger partial charge on any atom is 0.391 e. The Hall–Kier alpha value is -1.50. The van der Waals surface area contributed by atoms with Gasteiger partial charge in [0, 0.05) is 16.9 Å². The van der Waals surface area contributed by atoms with Gasteiger partial charge in [0.05, 0.1) is 10.4 Å². The Bertz CT molecular complexity index is 726. The van der Waals surface area contributed by atoms with Crippen molar-refractivity contribution in [3.8, 4) is 0 Å². The topological polar surface area (TPSA) is 44.9 Å². The molecule has 0 radical (unpaired) electrons. The van der Waals surface area contributed by atoms with E-state index in [-0.39, 0.29) is 18.7 Å². The highest BCUT2D eigenvalue weighted by molar-refractivity contribution is 9.10. The zero-order valence-electron chi connectivity index (χ0n) is 12.2. The first-order valence-electron chi connectivity index (χ1n) is 7.50. The average Bonchev–Trinajstić information content (AvgIpc) is 2.84. The van der Waals surface area contributed by atoms with Gasteiger partial charge in [-0.1, -0.05) is 24.6 Å². The molecule has 0 bridgehead atoms. The molecule has 1 fully saturated rings. The molecule has 0 saturated heterocycles. The van der Waals surface area contributed by atoms with Crippen LogP contribution in [0, 0.1) is 5.92 Å². The molecule has 2 atom stereocenters. The molecule has 2 unspecified atom stereocenters. The van der Waals surface area contributed by atoms with Crippen LogP contribution >= 0.6 is 15.9 Å². The van der Waals surface area contributed by atoms with E-state index in [1.54, 1.807) is 0 Å². The monoisotopic (exact) mass is 388 g/mol. The van der Waals surface area contributed by atoms with E-state index in [0.717, 1.165) is 10.9 Å². The number of amides is 1. The second-order valence-electron chi connectivity index (χ2n) is 5.94. The number of hydrogen-bond acceptors (Lipinski definition) is 1. The Kier molecular flexibility index (Phi) is 4.40. The number of carbonyl (C=O) groups excluding carboxylic acids is 1. The molecule has 7 heteroatoms. The van der Waals surface area contributed by atoms with E-state index in [9.17, 15) is 18.0 Å². The van der Waals surface area contributed by atoms with Gasteiger partial charge in [-0.2, -0.15) is 13.2 Å². The Morgan fingerprint density at radius 3 is 2.70 bits per heavy atom. The lowest BCUT2D eigenvalue weighted by atomic mass is 9.85. The molecule has 0 aliphatic heterocycles. The van der Waals surface area contributed by atoms with Crippen molar-refractivity contribution in [2.24, 2.45) is 5.92 Å². The largest absolute Gasteiger partial charge is 0.391 e. The SMILES string of the molecule is O=C(NC1CCCC(C(F)(F)F)C1)c1[nH]c2ccccc2c1Br. The van der Waals surface area contributed by atoms with Crippen LogP contribution in [-0.4, -0.2) is 23.1 Å². The van der Waals surface area contributed by atoms with Gasteiger partial charge in [0.25, 0.3) is 5.91 Å². The van der Waals surface area contributed by atoms with Gasteiger partial charge >= 0.3 is 6.18 Å². The predicted octanol–water partition coefficient (Wildman–Crippen LogP) is 4.78. The Labute approximate surface area is 139 Å². The lowest BCUT2D eigenvalue weighted by molar-refractivity contribution is -0.183. The van der Waals surface area contributed by atoms with Crippen LogP contribution in [0.4, 0.5) is 13.2 Å². The van der Waals surface area contributed by atoms with E-state index in [4.69, 9.17) is 0 Å². The van der Waals surface area contributed by atoms with Crippen molar-refractivity contribution in [1.82, 2.24) is 10.3 Å². The van der Waals surface area contributed by atoms with Gasteiger partial charge in [-0.3, -0.25) is 4.79 Å². The first kappa shape index (κ1) is 16.4. The summed E-state index contributed by atoms with van der Waals surface area (Å²) in [4.78, 5) is 15.4. The van der Waals surface area contributed by atoms with Gasteiger partial charge in [-0.15, -0.1) is 0 Å². The molecular formula is C16H16BrF3N2O. The molecule has 124 valence electrons. The van der Waals surface area contributed by atoms with E-state index in [2.05, 4.69) is 26.2 Å². The molecular weight excluding hydrogens is 373 g/mol. The van der Waals surface area contributed by atoms with Crippen LogP contribution in [0.25, 0.3) is 10.9 Å². The minimum Gasteiger partial charge on any atom is -0.350 e. The van der Waals surface area contributed by atoms with Crippen molar-refractivity contribution in [3.05, 3.63) is 34.4 Å². The molecule has 1 aliphatic carbocycles. The highest BCUT2D eigenvalue weighted by atomic mass is 79.9. The molecule has 2 aromatic rings. The van der Waals surface area contributed by atoms with Gasteiger partial charge < -0.3 is 10.3 Å². The minimum absolute atomic E-state index is 0.0485. The number of aromatic nitrogens is 1. The zero-order valence-corrected chi connectivity index (χ0v) is 13.8. The minimum atomic E-state index is -4.19. The molecule has 1 amide bonds. The number of aromatic amines is 1. The Morgan fingerprint density at radius 2 is 2.00 bits per heavy atom. The van der Waals surface area contributed by atoms with E-state index in [1.165, 1.54) is 0 Å². The smallest absolute Gasteiger partial charge is 0.350 e. The second-order valence-corrected chi connectivity index (χ2v) is 6.73. The van der Waals surface area contributed by atoms with Gasteiger partial charge in [-0.05, 0) is 41.3 Å². The van der Waals surface area contributed by atoms with Crippen LogP contribution in [0.5, 0.6) is 0 Å². The lowest BCUT2D eigenvalue weighted by Crippen LogP contribution is -2.41. The molecule has 1 heterocycles. The molecule has 23 heavy (non-hydrogen) atoms. The third kappa shape index (κ3) is 3.39. The third-order valence-electron chi connectivity index (χ3n) is 4.34. The van der Waals surface area contributed by atoms with Gasteiger partial charge in [0.1, 0.15) is 5.69 Å². The summed E-state index contributed by atoms with van der Waals surface area (Å²) in [5.41, 5.74) is 1.15. The van der Waals surface area contributed by atoms with Crippen LogP contribution in [-0.2, 0) is 0 Å². The van der Waals surface area contributed by atoms with Crippen LogP contribution in [0.3, 0.4) is 0 Å². The maximum absolute atomic E-state index is 12.9. The number of para-hydroxylation sites is 1. The highest BCUT2D eigenvalue weighted by Gasteiger charge is 2.42. The second kappa shape index (κ2) is 6.19.